The summed E-state index contributed by atoms with van der Waals surface area (Å²) in [4.78, 5) is 17.3. The van der Waals surface area contributed by atoms with Gasteiger partial charge in [-0.25, -0.2) is 0 Å². The Kier molecular flexibility index (Phi) is 3.61. The Hall–Kier alpha value is -1.86. The molecule has 23 heavy (non-hydrogen) atoms. The van der Waals surface area contributed by atoms with Gasteiger partial charge in [0, 0.05) is 25.7 Å². The van der Waals surface area contributed by atoms with Crippen LogP contribution in [0, 0.1) is 16.7 Å². The van der Waals surface area contributed by atoms with Crippen LogP contribution in [0.2, 0.25) is 0 Å². The molecule has 1 atom stereocenters. The van der Waals surface area contributed by atoms with E-state index in [9.17, 15) is 10.1 Å². The summed E-state index contributed by atoms with van der Waals surface area (Å²) in [6, 6.07) is 13.2. The average molecular weight is 309 g/mol. The molecule has 0 radical (unpaired) electrons. The molecular weight excluding hydrogens is 286 g/mol. The van der Waals surface area contributed by atoms with Crippen LogP contribution in [-0.4, -0.2) is 47.4 Å². The van der Waals surface area contributed by atoms with E-state index in [1.807, 2.05) is 23.1 Å². The van der Waals surface area contributed by atoms with E-state index >= 15 is 0 Å². The summed E-state index contributed by atoms with van der Waals surface area (Å²) in [5, 5.41) is 9.46. The molecule has 1 unspecified atom stereocenters. The monoisotopic (exact) mass is 309 g/mol. The molecule has 120 valence electrons. The van der Waals surface area contributed by atoms with Crippen molar-refractivity contribution < 1.29 is 4.79 Å². The van der Waals surface area contributed by atoms with Crippen molar-refractivity contribution in [3.05, 3.63) is 35.9 Å². The minimum Gasteiger partial charge on any atom is -0.338 e. The van der Waals surface area contributed by atoms with Crippen LogP contribution in [0.4, 0.5) is 0 Å². The van der Waals surface area contributed by atoms with Crippen molar-refractivity contribution in [3.8, 4) is 6.07 Å². The van der Waals surface area contributed by atoms with Crippen molar-refractivity contribution in [2.75, 3.05) is 19.6 Å². The highest BCUT2D eigenvalue weighted by atomic mass is 16.2. The number of nitrogens with zero attached hydrogens (tertiary/aromatic N) is 3. The molecule has 1 heterocycles. The highest BCUT2D eigenvalue weighted by Gasteiger charge is 2.52. The third kappa shape index (κ3) is 2.86. The van der Waals surface area contributed by atoms with Gasteiger partial charge in [-0.3, -0.25) is 9.69 Å². The zero-order chi connectivity index (χ0) is 15.9. The molecule has 0 N–H and O–H groups in total. The minimum absolute atomic E-state index is 0.118. The topological polar surface area (TPSA) is 47.3 Å². The summed E-state index contributed by atoms with van der Waals surface area (Å²) in [5.74, 6) is 0.275. The Morgan fingerprint density at radius 2 is 1.96 bits per heavy atom. The number of hydrogen-bond donors (Lipinski definition) is 0. The molecule has 3 aliphatic rings. The first-order valence-corrected chi connectivity index (χ1v) is 8.70. The number of amides is 1. The SMILES string of the molecule is N#CC1CN(C(=O)C2(Cc3ccccc3)CC2)CCN1C1CC1. The van der Waals surface area contributed by atoms with Crippen molar-refractivity contribution in [3.63, 3.8) is 0 Å². The first-order valence-electron chi connectivity index (χ1n) is 8.70. The zero-order valence-corrected chi connectivity index (χ0v) is 13.4. The fraction of sp³-hybridized carbons (Fsp3) is 0.579. The maximum atomic E-state index is 13.0. The molecule has 2 saturated carbocycles. The summed E-state index contributed by atoms with van der Waals surface area (Å²) in [5.41, 5.74) is 1.05. The summed E-state index contributed by atoms with van der Waals surface area (Å²) in [7, 11) is 0. The largest absolute Gasteiger partial charge is 0.338 e. The second-order valence-electron chi connectivity index (χ2n) is 7.31. The van der Waals surface area contributed by atoms with Crippen LogP contribution in [-0.2, 0) is 11.2 Å². The van der Waals surface area contributed by atoms with Crippen LogP contribution in [0.5, 0.6) is 0 Å². The Labute approximate surface area is 137 Å². The number of carbonyl (C=O) groups is 1. The predicted molar refractivity (Wildman–Crippen MR) is 87.5 cm³/mol. The second kappa shape index (κ2) is 5.65. The van der Waals surface area contributed by atoms with Gasteiger partial charge in [0.25, 0.3) is 0 Å². The molecule has 2 aliphatic carbocycles. The molecule has 1 aromatic carbocycles. The van der Waals surface area contributed by atoms with Gasteiger partial charge >= 0.3 is 0 Å². The Bertz CT molecular complexity index is 628. The maximum absolute atomic E-state index is 13.0. The van der Waals surface area contributed by atoms with E-state index in [-0.39, 0.29) is 17.4 Å². The van der Waals surface area contributed by atoms with Crippen LogP contribution in [0.15, 0.2) is 30.3 Å². The van der Waals surface area contributed by atoms with Crippen LogP contribution in [0.1, 0.15) is 31.2 Å². The number of benzene rings is 1. The van der Waals surface area contributed by atoms with Gasteiger partial charge in [-0.2, -0.15) is 5.26 Å². The van der Waals surface area contributed by atoms with E-state index in [1.54, 1.807) is 0 Å². The molecule has 4 nitrogen and oxygen atoms in total. The lowest BCUT2D eigenvalue weighted by Gasteiger charge is -2.39. The fourth-order valence-corrected chi connectivity index (χ4v) is 3.88. The average Bonchev–Trinajstić information content (AvgIpc) is 3.49. The van der Waals surface area contributed by atoms with Crippen LogP contribution < -0.4 is 0 Å². The highest BCUT2D eigenvalue weighted by Crippen LogP contribution is 2.50. The quantitative estimate of drug-likeness (QED) is 0.857. The van der Waals surface area contributed by atoms with Gasteiger partial charge in [-0.15, -0.1) is 0 Å². The Morgan fingerprint density at radius 3 is 2.57 bits per heavy atom. The van der Waals surface area contributed by atoms with Crippen molar-refractivity contribution >= 4 is 5.91 Å². The van der Waals surface area contributed by atoms with Gasteiger partial charge in [0.05, 0.1) is 11.5 Å². The second-order valence-corrected chi connectivity index (χ2v) is 7.31. The van der Waals surface area contributed by atoms with Crippen molar-refractivity contribution in [2.24, 2.45) is 5.41 Å². The van der Waals surface area contributed by atoms with Crippen LogP contribution in [0.25, 0.3) is 0 Å². The number of nitriles is 1. The number of hydrogen-bond acceptors (Lipinski definition) is 3. The van der Waals surface area contributed by atoms with Crippen molar-refractivity contribution in [2.45, 2.75) is 44.2 Å². The van der Waals surface area contributed by atoms with Crippen LogP contribution >= 0.6 is 0 Å². The molecule has 1 saturated heterocycles. The van der Waals surface area contributed by atoms with E-state index < -0.39 is 0 Å². The molecule has 4 rings (SSSR count). The van der Waals surface area contributed by atoms with Gasteiger partial charge in [0.2, 0.25) is 5.91 Å². The Balaban J connectivity index is 1.44. The van der Waals surface area contributed by atoms with E-state index in [0.717, 1.165) is 32.4 Å². The Morgan fingerprint density at radius 1 is 1.22 bits per heavy atom. The smallest absolute Gasteiger partial charge is 0.229 e. The summed E-state index contributed by atoms with van der Waals surface area (Å²) >= 11 is 0. The van der Waals surface area contributed by atoms with Gasteiger partial charge < -0.3 is 4.90 Å². The molecule has 0 bridgehead atoms. The normalized spacial score (nSPS) is 26.6. The predicted octanol–water partition coefficient (Wildman–Crippen LogP) is 2.21. The van der Waals surface area contributed by atoms with E-state index in [4.69, 9.17) is 0 Å². The fourth-order valence-electron chi connectivity index (χ4n) is 3.88. The third-order valence-corrected chi connectivity index (χ3v) is 5.57. The molecule has 0 spiro atoms. The molecular formula is C19H23N3O. The summed E-state index contributed by atoms with van der Waals surface area (Å²) < 4.78 is 0. The third-order valence-electron chi connectivity index (χ3n) is 5.57. The van der Waals surface area contributed by atoms with Gasteiger partial charge in [0.15, 0.2) is 0 Å². The van der Waals surface area contributed by atoms with Gasteiger partial charge in [0.1, 0.15) is 6.04 Å². The number of rotatable bonds is 4. The van der Waals surface area contributed by atoms with Gasteiger partial charge in [-0.05, 0) is 37.7 Å². The molecule has 1 aromatic rings. The lowest BCUT2D eigenvalue weighted by Crippen LogP contribution is -2.56. The van der Waals surface area contributed by atoms with Gasteiger partial charge in [-0.1, -0.05) is 30.3 Å². The lowest BCUT2D eigenvalue weighted by molar-refractivity contribution is -0.139. The lowest BCUT2D eigenvalue weighted by atomic mass is 9.94. The standard InChI is InChI=1S/C19H23N3O/c20-13-17-14-21(10-11-22(17)16-6-7-16)18(23)19(8-9-19)12-15-4-2-1-3-5-15/h1-5,16-17H,6-12,14H2. The number of piperazine rings is 1. The van der Waals surface area contributed by atoms with E-state index in [2.05, 4.69) is 23.1 Å². The molecule has 1 amide bonds. The zero-order valence-electron chi connectivity index (χ0n) is 13.4. The minimum atomic E-state index is -0.191. The molecule has 3 fully saturated rings. The molecule has 0 aromatic heterocycles. The maximum Gasteiger partial charge on any atom is 0.229 e. The van der Waals surface area contributed by atoms with Crippen LogP contribution in [0.3, 0.4) is 0 Å². The van der Waals surface area contributed by atoms with Crippen molar-refractivity contribution in [1.29, 1.82) is 5.26 Å². The molecule has 4 heteroatoms. The van der Waals surface area contributed by atoms with E-state index in [0.29, 0.717) is 12.6 Å². The summed E-state index contributed by atoms with van der Waals surface area (Å²) in [6.45, 7) is 2.22. The summed E-state index contributed by atoms with van der Waals surface area (Å²) in [6.07, 6.45) is 5.24. The van der Waals surface area contributed by atoms with Crippen molar-refractivity contribution in [1.82, 2.24) is 9.80 Å². The highest BCUT2D eigenvalue weighted by molar-refractivity contribution is 5.86. The molecule has 1 aliphatic heterocycles. The number of carbonyl (C=O) groups excluding carboxylic acids is 1. The first kappa shape index (κ1) is 14.7. The van der Waals surface area contributed by atoms with E-state index in [1.165, 1.54) is 18.4 Å². The first-order chi connectivity index (χ1) is 11.2.